The van der Waals surface area contributed by atoms with Crippen molar-refractivity contribution in [3.63, 3.8) is 0 Å². The van der Waals surface area contributed by atoms with Crippen molar-refractivity contribution in [1.29, 1.82) is 0 Å². The molecule has 1 aliphatic heterocycles. The van der Waals surface area contributed by atoms with Crippen molar-refractivity contribution < 1.29 is 19.4 Å². The summed E-state index contributed by atoms with van der Waals surface area (Å²) in [5, 5.41) is 13.1. The molecule has 1 aliphatic carbocycles. The highest BCUT2D eigenvalue weighted by molar-refractivity contribution is 6.01. The van der Waals surface area contributed by atoms with Gasteiger partial charge in [0.2, 0.25) is 0 Å². The standard InChI is InChI=1S/C30H35N3O4/c1-30(2,19-31-15-14-26(34)35)32-29(36)21-12-13-22-24(18-21)33-16-17-37-25-11-7-6-10-23(25)28(33)27(22)20-8-4-3-5-9-20/h6-7,10-13,15,18,20H,3-5,8-9,14,16-17,19H2,1-2H3,(H,32,36)(H,34,35). The number of aliphatic carboxylic acids is 1. The molecule has 0 spiro atoms. The maximum atomic E-state index is 13.3. The van der Waals surface area contributed by atoms with E-state index >= 15 is 0 Å². The van der Waals surface area contributed by atoms with Crippen LogP contribution in [-0.2, 0) is 11.3 Å². The van der Waals surface area contributed by atoms with E-state index in [4.69, 9.17) is 9.84 Å². The van der Waals surface area contributed by atoms with Crippen molar-refractivity contribution in [2.75, 3.05) is 13.2 Å². The van der Waals surface area contributed by atoms with E-state index in [-0.39, 0.29) is 12.3 Å². The topological polar surface area (TPSA) is 92.9 Å². The number of ether oxygens (including phenoxy) is 1. The Morgan fingerprint density at radius 2 is 1.95 bits per heavy atom. The van der Waals surface area contributed by atoms with Crippen LogP contribution in [-0.4, -0.2) is 46.5 Å². The number of nitrogens with one attached hydrogen (secondary N) is 1. The summed E-state index contributed by atoms with van der Waals surface area (Å²) in [7, 11) is 0. The van der Waals surface area contributed by atoms with E-state index in [1.165, 1.54) is 55.0 Å². The fourth-order valence-electron chi connectivity index (χ4n) is 5.73. The Bertz CT molecular complexity index is 1350. The van der Waals surface area contributed by atoms with Gasteiger partial charge in [0.05, 0.1) is 30.7 Å². The summed E-state index contributed by atoms with van der Waals surface area (Å²) in [6, 6.07) is 14.4. The van der Waals surface area contributed by atoms with Gasteiger partial charge >= 0.3 is 5.97 Å². The molecule has 1 aromatic heterocycles. The predicted octanol–water partition coefficient (Wildman–Crippen LogP) is 5.80. The molecule has 0 atom stereocenters. The lowest BCUT2D eigenvalue weighted by Crippen LogP contribution is -2.45. The summed E-state index contributed by atoms with van der Waals surface area (Å²) in [6.45, 7) is 5.38. The van der Waals surface area contributed by atoms with Crippen LogP contribution >= 0.6 is 0 Å². The minimum Gasteiger partial charge on any atom is -0.491 e. The van der Waals surface area contributed by atoms with Crippen LogP contribution in [0.25, 0.3) is 22.2 Å². The van der Waals surface area contributed by atoms with Crippen LogP contribution in [0.3, 0.4) is 0 Å². The number of amides is 1. The zero-order valence-corrected chi connectivity index (χ0v) is 21.6. The van der Waals surface area contributed by atoms with Gasteiger partial charge in [0.25, 0.3) is 5.91 Å². The van der Waals surface area contributed by atoms with Crippen LogP contribution in [0, 0.1) is 0 Å². The zero-order chi connectivity index (χ0) is 26.0. The van der Waals surface area contributed by atoms with Crippen LogP contribution in [0.4, 0.5) is 0 Å². The van der Waals surface area contributed by atoms with Crippen molar-refractivity contribution in [1.82, 2.24) is 9.88 Å². The second kappa shape index (κ2) is 10.4. The van der Waals surface area contributed by atoms with E-state index in [2.05, 4.69) is 33.1 Å². The molecular weight excluding hydrogens is 466 g/mol. The molecule has 7 heteroatoms. The molecule has 2 heterocycles. The second-order valence-corrected chi connectivity index (χ2v) is 10.8. The van der Waals surface area contributed by atoms with Crippen molar-refractivity contribution >= 4 is 29.0 Å². The number of carboxylic acid groups (broad SMARTS) is 1. The first-order valence-electron chi connectivity index (χ1n) is 13.2. The third-order valence-electron chi connectivity index (χ3n) is 7.43. The first-order chi connectivity index (χ1) is 17.8. The van der Waals surface area contributed by atoms with Gasteiger partial charge in [-0.25, -0.2) is 0 Å². The van der Waals surface area contributed by atoms with Gasteiger partial charge in [-0.3, -0.25) is 14.6 Å². The molecule has 1 fully saturated rings. The lowest BCUT2D eigenvalue weighted by Gasteiger charge is -2.24. The zero-order valence-electron chi connectivity index (χ0n) is 21.6. The first kappa shape index (κ1) is 25.1. The molecule has 1 amide bonds. The van der Waals surface area contributed by atoms with Crippen molar-refractivity contribution in [3.8, 4) is 17.0 Å². The largest absolute Gasteiger partial charge is 0.491 e. The molecule has 2 aliphatic rings. The van der Waals surface area contributed by atoms with Crippen molar-refractivity contribution in [2.24, 2.45) is 4.99 Å². The van der Waals surface area contributed by atoms with Crippen LogP contribution in [0.5, 0.6) is 5.75 Å². The van der Waals surface area contributed by atoms with Gasteiger partial charge in [0.1, 0.15) is 12.4 Å². The number of carbonyl (C=O) groups is 2. The number of carbonyl (C=O) groups excluding carboxylic acids is 1. The van der Waals surface area contributed by atoms with Gasteiger partial charge in [-0.1, -0.05) is 37.5 Å². The number of aliphatic imine (C=N–C) groups is 1. The van der Waals surface area contributed by atoms with Gasteiger partial charge in [0.15, 0.2) is 0 Å². The molecule has 1 saturated carbocycles. The summed E-state index contributed by atoms with van der Waals surface area (Å²) >= 11 is 0. The summed E-state index contributed by atoms with van der Waals surface area (Å²) in [5.41, 5.74) is 4.82. The lowest BCUT2D eigenvalue weighted by molar-refractivity contribution is -0.135. The first-order valence-corrected chi connectivity index (χ1v) is 13.2. The molecule has 0 bridgehead atoms. The molecule has 194 valence electrons. The quantitative estimate of drug-likeness (QED) is 0.400. The van der Waals surface area contributed by atoms with Crippen molar-refractivity contribution in [3.05, 3.63) is 53.6 Å². The highest BCUT2D eigenvalue weighted by atomic mass is 16.5. The normalized spacial score (nSPS) is 16.2. The number of hydrogen-bond donors (Lipinski definition) is 2. The highest BCUT2D eigenvalue weighted by Crippen LogP contribution is 2.47. The monoisotopic (exact) mass is 501 g/mol. The lowest BCUT2D eigenvalue weighted by atomic mass is 9.81. The summed E-state index contributed by atoms with van der Waals surface area (Å²) < 4.78 is 8.49. The van der Waals surface area contributed by atoms with Gasteiger partial charge in [0, 0.05) is 28.2 Å². The van der Waals surface area contributed by atoms with Gasteiger partial charge in [-0.15, -0.1) is 0 Å². The molecule has 0 unspecified atom stereocenters. The maximum absolute atomic E-state index is 13.3. The molecule has 3 aromatic rings. The molecular formula is C30H35N3O4. The fourth-order valence-corrected chi connectivity index (χ4v) is 5.73. The average Bonchev–Trinajstić information content (AvgIpc) is 3.08. The minimum atomic E-state index is -0.925. The number of benzene rings is 2. The van der Waals surface area contributed by atoms with Crippen LogP contribution < -0.4 is 10.1 Å². The van der Waals surface area contributed by atoms with E-state index in [1.54, 1.807) is 0 Å². The van der Waals surface area contributed by atoms with Gasteiger partial charge in [-0.2, -0.15) is 0 Å². The number of aromatic nitrogens is 1. The number of hydrogen-bond acceptors (Lipinski definition) is 4. The summed E-state index contributed by atoms with van der Waals surface area (Å²) in [4.78, 5) is 28.2. The fraction of sp³-hybridized carbons (Fsp3) is 0.433. The third-order valence-corrected chi connectivity index (χ3v) is 7.43. The number of nitrogens with zero attached hydrogens (tertiary/aromatic N) is 2. The number of rotatable bonds is 7. The smallest absolute Gasteiger partial charge is 0.308 e. The van der Waals surface area contributed by atoms with Crippen LogP contribution in [0.2, 0.25) is 0 Å². The summed E-state index contributed by atoms with van der Waals surface area (Å²) in [5.74, 6) is 0.330. The molecule has 2 N–H and O–H groups in total. The molecule has 0 saturated heterocycles. The second-order valence-electron chi connectivity index (χ2n) is 10.8. The van der Waals surface area contributed by atoms with E-state index in [9.17, 15) is 9.59 Å². The molecule has 5 rings (SSSR count). The summed E-state index contributed by atoms with van der Waals surface area (Å²) in [6.07, 6.45) is 7.42. The predicted molar refractivity (Wildman–Crippen MR) is 146 cm³/mol. The highest BCUT2D eigenvalue weighted by Gasteiger charge is 2.30. The Kier molecular flexibility index (Phi) is 7.04. The van der Waals surface area contributed by atoms with Crippen molar-refractivity contribution in [2.45, 2.75) is 70.4 Å². The Hall–Kier alpha value is -3.61. The number of fused-ring (bicyclic) bond motifs is 5. The molecule has 37 heavy (non-hydrogen) atoms. The van der Waals surface area contributed by atoms with Crippen LogP contribution in [0.1, 0.15) is 74.2 Å². The van der Waals surface area contributed by atoms with E-state index in [1.807, 2.05) is 38.1 Å². The maximum Gasteiger partial charge on any atom is 0.308 e. The Balaban J connectivity index is 1.53. The minimum absolute atomic E-state index is 0.129. The number of para-hydroxylation sites is 1. The van der Waals surface area contributed by atoms with E-state index < -0.39 is 11.5 Å². The van der Waals surface area contributed by atoms with Gasteiger partial charge < -0.3 is 19.7 Å². The third kappa shape index (κ3) is 5.26. The molecule has 0 radical (unpaired) electrons. The van der Waals surface area contributed by atoms with E-state index in [0.29, 0.717) is 24.6 Å². The number of carboxylic acids is 1. The Morgan fingerprint density at radius 3 is 2.73 bits per heavy atom. The SMILES string of the molecule is CC(C)(CN=CCC(=O)O)NC(=O)c1ccc2c(C3CCCCC3)c3n(c2c1)CCOc1ccccc1-3. The Labute approximate surface area is 217 Å². The molecule has 2 aromatic carbocycles. The average molecular weight is 502 g/mol. The van der Waals surface area contributed by atoms with Crippen LogP contribution in [0.15, 0.2) is 47.5 Å². The molecule has 7 nitrogen and oxygen atoms in total. The van der Waals surface area contributed by atoms with Gasteiger partial charge in [-0.05, 0) is 62.4 Å². The Morgan fingerprint density at radius 1 is 1.16 bits per heavy atom. The van der Waals surface area contributed by atoms with E-state index in [0.717, 1.165) is 23.4 Å².